The van der Waals surface area contributed by atoms with Gasteiger partial charge in [0.15, 0.2) is 5.78 Å². The van der Waals surface area contributed by atoms with Crippen LogP contribution in [0.4, 0.5) is 0 Å². The van der Waals surface area contributed by atoms with Crippen molar-refractivity contribution in [1.29, 1.82) is 0 Å². The molecule has 1 N–H and O–H groups in total. The van der Waals surface area contributed by atoms with E-state index in [1.165, 1.54) is 0 Å². The molecule has 122 valence electrons. The Morgan fingerprint density at radius 3 is 2.48 bits per heavy atom. The molecule has 2 aromatic rings. The average molecular weight is 314 g/mol. The molecular weight excluding hydrogens is 292 g/mol. The molecular formula is C18H22N2O3. The largest absolute Gasteiger partial charge is 0.496 e. The summed E-state index contributed by atoms with van der Waals surface area (Å²) in [6.45, 7) is 7.17. The normalized spacial score (nSPS) is 12.7. The SMILES string of the molecule is COc1cc(C(=O)N[C@@H](C)C(=O)C(C)(C)C)nc2ccccc12. The second-order valence-corrected chi connectivity index (χ2v) is 6.54. The van der Waals surface area contributed by atoms with Gasteiger partial charge in [0, 0.05) is 16.9 Å². The molecule has 0 unspecified atom stereocenters. The number of methoxy groups -OCH3 is 1. The monoisotopic (exact) mass is 314 g/mol. The molecule has 1 atom stereocenters. The van der Waals surface area contributed by atoms with Crippen molar-refractivity contribution >= 4 is 22.6 Å². The summed E-state index contributed by atoms with van der Waals surface area (Å²) < 4.78 is 5.34. The van der Waals surface area contributed by atoms with E-state index in [4.69, 9.17) is 4.74 Å². The quantitative estimate of drug-likeness (QED) is 0.942. The number of pyridine rings is 1. The Labute approximate surface area is 136 Å². The van der Waals surface area contributed by atoms with Crippen LogP contribution < -0.4 is 10.1 Å². The molecule has 0 bridgehead atoms. The highest BCUT2D eigenvalue weighted by Gasteiger charge is 2.28. The number of rotatable bonds is 4. The molecule has 0 aliphatic heterocycles. The fraction of sp³-hybridized carbons (Fsp3) is 0.389. The van der Waals surface area contributed by atoms with Crippen molar-refractivity contribution in [2.75, 3.05) is 7.11 Å². The zero-order valence-corrected chi connectivity index (χ0v) is 14.1. The first-order valence-electron chi connectivity index (χ1n) is 7.53. The predicted octanol–water partition coefficient (Wildman–Crippen LogP) is 2.98. The Morgan fingerprint density at radius 2 is 1.87 bits per heavy atom. The summed E-state index contributed by atoms with van der Waals surface area (Å²) >= 11 is 0. The van der Waals surface area contributed by atoms with Crippen LogP contribution in [0.2, 0.25) is 0 Å². The van der Waals surface area contributed by atoms with Crippen LogP contribution in [0, 0.1) is 5.41 Å². The van der Waals surface area contributed by atoms with Crippen molar-refractivity contribution in [2.24, 2.45) is 5.41 Å². The number of Topliss-reactive ketones (excluding diaryl/α,β-unsaturated/α-hetero) is 1. The van der Waals surface area contributed by atoms with E-state index in [0.717, 1.165) is 5.39 Å². The molecule has 0 saturated carbocycles. The Hall–Kier alpha value is -2.43. The van der Waals surface area contributed by atoms with Gasteiger partial charge in [-0.1, -0.05) is 32.9 Å². The van der Waals surface area contributed by atoms with Crippen molar-refractivity contribution in [3.8, 4) is 5.75 Å². The van der Waals surface area contributed by atoms with E-state index in [2.05, 4.69) is 10.3 Å². The lowest BCUT2D eigenvalue weighted by molar-refractivity contribution is -0.127. The summed E-state index contributed by atoms with van der Waals surface area (Å²) in [4.78, 5) is 29.0. The first-order chi connectivity index (χ1) is 10.7. The van der Waals surface area contributed by atoms with E-state index in [1.807, 2.05) is 45.0 Å². The van der Waals surface area contributed by atoms with Crippen molar-refractivity contribution in [1.82, 2.24) is 10.3 Å². The number of ketones is 1. The minimum atomic E-state index is -0.582. The molecule has 0 aliphatic carbocycles. The number of nitrogens with one attached hydrogen (secondary N) is 1. The second kappa shape index (κ2) is 6.36. The second-order valence-electron chi connectivity index (χ2n) is 6.54. The van der Waals surface area contributed by atoms with Gasteiger partial charge in [0.25, 0.3) is 5.91 Å². The fourth-order valence-electron chi connectivity index (χ4n) is 2.41. The molecule has 0 spiro atoms. The van der Waals surface area contributed by atoms with Gasteiger partial charge in [-0.05, 0) is 19.1 Å². The number of para-hydroxylation sites is 1. The number of benzene rings is 1. The van der Waals surface area contributed by atoms with Crippen LogP contribution >= 0.6 is 0 Å². The summed E-state index contributed by atoms with van der Waals surface area (Å²) in [5, 5.41) is 3.55. The van der Waals surface area contributed by atoms with Crippen molar-refractivity contribution < 1.29 is 14.3 Å². The van der Waals surface area contributed by atoms with Gasteiger partial charge in [-0.15, -0.1) is 0 Å². The highest BCUT2D eigenvalue weighted by Crippen LogP contribution is 2.25. The summed E-state index contributed by atoms with van der Waals surface area (Å²) in [6.07, 6.45) is 0. The summed E-state index contributed by atoms with van der Waals surface area (Å²) in [5.74, 6) is 0.160. The number of fused-ring (bicyclic) bond motifs is 1. The predicted molar refractivity (Wildman–Crippen MR) is 89.7 cm³/mol. The van der Waals surface area contributed by atoms with Gasteiger partial charge >= 0.3 is 0 Å². The molecule has 1 amide bonds. The van der Waals surface area contributed by atoms with Crippen LogP contribution in [0.25, 0.3) is 10.9 Å². The number of carbonyl (C=O) groups is 2. The third kappa shape index (κ3) is 3.67. The van der Waals surface area contributed by atoms with E-state index >= 15 is 0 Å². The van der Waals surface area contributed by atoms with Crippen molar-refractivity contribution in [3.05, 3.63) is 36.0 Å². The molecule has 0 fully saturated rings. The molecule has 0 saturated heterocycles. The first-order valence-corrected chi connectivity index (χ1v) is 7.53. The molecule has 23 heavy (non-hydrogen) atoms. The molecule has 1 heterocycles. The van der Waals surface area contributed by atoms with Gasteiger partial charge < -0.3 is 10.1 Å². The van der Waals surface area contributed by atoms with E-state index < -0.39 is 11.5 Å². The van der Waals surface area contributed by atoms with Gasteiger partial charge in [-0.2, -0.15) is 0 Å². The van der Waals surface area contributed by atoms with Crippen LogP contribution in [0.1, 0.15) is 38.2 Å². The molecule has 0 radical (unpaired) electrons. The fourth-order valence-corrected chi connectivity index (χ4v) is 2.41. The summed E-state index contributed by atoms with van der Waals surface area (Å²) in [5.41, 5.74) is 0.391. The van der Waals surface area contributed by atoms with Crippen LogP contribution in [0.3, 0.4) is 0 Å². The Morgan fingerprint density at radius 1 is 1.22 bits per heavy atom. The minimum Gasteiger partial charge on any atom is -0.496 e. The lowest BCUT2D eigenvalue weighted by Gasteiger charge is -2.22. The van der Waals surface area contributed by atoms with E-state index in [9.17, 15) is 9.59 Å². The van der Waals surface area contributed by atoms with Gasteiger partial charge in [0.05, 0.1) is 18.7 Å². The number of hydrogen-bond acceptors (Lipinski definition) is 4. The number of carbonyl (C=O) groups excluding carboxylic acids is 2. The van der Waals surface area contributed by atoms with E-state index in [-0.39, 0.29) is 17.4 Å². The number of ether oxygens (including phenoxy) is 1. The lowest BCUT2D eigenvalue weighted by atomic mass is 9.87. The van der Waals surface area contributed by atoms with E-state index in [0.29, 0.717) is 11.3 Å². The Bertz CT molecular complexity index is 748. The first kappa shape index (κ1) is 16.9. The number of nitrogens with zero attached hydrogens (tertiary/aromatic N) is 1. The molecule has 0 aliphatic rings. The minimum absolute atomic E-state index is 0.0291. The molecule has 5 nitrogen and oxygen atoms in total. The van der Waals surface area contributed by atoms with Gasteiger partial charge in [0.2, 0.25) is 0 Å². The zero-order chi connectivity index (χ0) is 17.2. The number of amides is 1. The maximum atomic E-state index is 12.4. The number of hydrogen-bond donors (Lipinski definition) is 1. The van der Waals surface area contributed by atoms with E-state index in [1.54, 1.807) is 20.1 Å². The van der Waals surface area contributed by atoms with Crippen molar-refractivity contribution in [3.63, 3.8) is 0 Å². The summed E-state index contributed by atoms with van der Waals surface area (Å²) in [7, 11) is 1.55. The van der Waals surface area contributed by atoms with Gasteiger partial charge in [-0.25, -0.2) is 4.98 Å². The topological polar surface area (TPSA) is 68.3 Å². The van der Waals surface area contributed by atoms with Gasteiger partial charge in [-0.3, -0.25) is 9.59 Å². The van der Waals surface area contributed by atoms with Crippen molar-refractivity contribution in [2.45, 2.75) is 33.7 Å². The average Bonchev–Trinajstić information content (AvgIpc) is 2.51. The smallest absolute Gasteiger partial charge is 0.270 e. The summed E-state index contributed by atoms with van der Waals surface area (Å²) in [6, 6.07) is 8.44. The lowest BCUT2D eigenvalue weighted by Crippen LogP contribution is -2.43. The highest BCUT2D eigenvalue weighted by molar-refractivity contribution is 6.00. The Kier molecular flexibility index (Phi) is 4.68. The van der Waals surface area contributed by atoms with Crippen LogP contribution in [0.15, 0.2) is 30.3 Å². The zero-order valence-electron chi connectivity index (χ0n) is 14.1. The molecule has 1 aromatic heterocycles. The van der Waals surface area contributed by atoms with Gasteiger partial charge in [0.1, 0.15) is 11.4 Å². The van der Waals surface area contributed by atoms with Crippen LogP contribution in [-0.4, -0.2) is 29.8 Å². The molecule has 2 rings (SSSR count). The maximum absolute atomic E-state index is 12.4. The Balaban J connectivity index is 2.30. The molecule has 5 heteroatoms. The highest BCUT2D eigenvalue weighted by atomic mass is 16.5. The standard InChI is InChI=1S/C18H22N2O3/c1-11(16(21)18(2,3)4)19-17(22)14-10-15(23-5)12-8-6-7-9-13(12)20-14/h6-11H,1-5H3,(H,19,22)/t11-/m0/s1. The third-order valence-corrected chi connectivity index (χ3v) is 3.61. The third-order valence-electron chi connectivity index (χ3n) is 3.61. The molecule has 1 aromatic carbocycles. The number of aromatic nitrogens is 1. The maximum Gasteiger partial charge on any atom is 0.270 e. The van der Waals surface area contributed by atoms with Crippen LogP contribution in [-0.2, 0) is 4.79 Å². The van der Waals surface area contributed by atoms with Crippen LogP contribution in [0.5, 0.6) is 5.75 Å².